The van der Waals surface area contributed by atoms with Crippen LogP contribution in [0.3, 0.4) is 0 Å². The van der Waals surface area contributed by atoms with E-state index in [2.05, 4.69) is 20.8 Å². The second-order valence-corrected chi connectivity index (χ2v) is 8.95. The van der Waals surface area contributed by atoms with E-state index in [9.17, 15) is 9.59 Å². The van der Waals surface area contributed by atoms with E-state index >= 15 is 0 Å². The molecule has 1 heterocycles. The average molecular weight is 474 g/mol. The summed E-state index contributed by atoms with van der Waals surface area (Å²) in [6.45, 7) is 6.47. The minimum atomic E-state index is -0.333. The Morgan fingerprint density at radius 2 is 1.74 bits per heavy atom. The molecule has 0 bridgehead atoms. The summed E-state index contributed by atoms with van der Waals surface area (Å²) >= 11 is 1.32. The van der Waals surface area contributed by atoms with Crippen LogP contribution in [-0.2, 0) is 11.3 Å². The molecule has 0 aliphatic heterocycles. The first-order valence-electron chi connectivity index (χ1n) is 11.2. The van der Waals surface area contributed by atoms with Crippen molar-refractivity contribution >= 4 is 40.0 Å². The van der Waals surface area contributed by atoms with Crippen LogP contribution in [0.4, 0.5) is 5.69 Å². The van der Waals surface area contributed by atoms with Crippen molar-refractivity contribution in [3.05, 3.63) is 83.7 Å². The van der Waals surface area contributed by atoms with Gasteiger partial charge in [-0.15, -0.1) is 10.2 Å². The van der Waals surface area contributed by atoms with Crippen LogP contribution in [-0.4, -0.2) is 32.3 Å². The van der Waals surface area contributed by atoms with Gasteiger partial charge in [0.1, 0.15) is 0 Å². The van der Waals surface area contributed by atoms with Crippen molar-refractivity contribution in [1.29, 1.82) is 0 Å². The molecule has 0 saturated carbocycles. The van der Waals surface area contributed by atoms with Crippen LogP contribution < -0.4 is 10.6 Å². The molecule has 1 aromatic heterocycles. The molecule has 0 unspecified atom stereocenters. The van der Waals surface area contributed by atoms with Gasteiger partial charge in [-0.1, -0.05) is 65.9 Å². The lowest BCUT2D eigenvalue weighted by molar-refractivity contribution is -0.113. The Balaban J connectivity index is 1.40. The molecule has 34 heavy (non-hydrogen) atoms. The number of carbonyl (C=O) groups excluding carboxylic acids is 2. The number of carbonyl (C=O) groups is 2. The molecule has 0 fully saturated rings. The number of nitrogens with one attached hydrogen (secondary N) is 2. The second kappa shape index (κ2) is 10.5. The number of thioether (sulfide) groups is 1. The van der Waals surface area contributed by atoms with Gasteiger partial charge >= 0.3 is 0 Å². The van der Waals surface area contributed by atoms with Gasteiger partial charge in [0.2, 0.25) is 5.91 Å². The number of fused-ring (bicyclic) bond motifs is 1. The van der Waals surface area contributed by atoms with Crippen molar-refractivity contribution in [1.82, 2.24) is 20.1 Å². The highest BCUT2D eigenvalue weighted by atomic mass is 32.2. The molecule has 8 heteroatoms. The molecule has 4 rings (SSSR count). The van der Waals surface area contributed by atoms with Crippen LogP contribution in [0.1, 0.15) is 41.6 Å². The summed E-state index contributed by atoms with van der Waals surface area (Å²) in [6.07, 6.45) is 0. The molecule has 7 nitrogen and oxygen atoms in total. The lowest BCUT2D eigenvalue weighted by atomic mass is 10.1. The van der Waals surface area contributed by atoms with E-state index in [4.69, 9.17) is 0 Å². The van der Waals surface area contributed by atoms with E-state index in [1.54, 1.807) is 12.1 Å². The van der Waals surface area contributed by atoms with Gasteiger partial charge in [-0.3, -0.25) is 9.59 Å². The summed E-state index contributed by atoms with van der Waals surface area (Å²) in [5.74, 6) is 0.571. The quantitative estimate of drug-likeness (QED) is 0.352. The molecule has 4 aromatic rings. The SMILES string of the molecule is CCn1c(SCC(=O)Nc2cccc3ccccc23)nnc1[C@H](C)NC(=O)c1ccc(C)cc1. The number of hydrogen-bond acceptors (Lipinski definition) is 5. The number of benzene rings is 3. The maximum Gasteiger partial charge on any atom is 0.251 e. The maximum absolute atomic E-state index is 12.6. The number of aryl methyl sites for hydroxylation is 1. The van der Waals surface area contributed by atoms with Crippen LogP contribution in [0.15, 0.2) is 71.9 Å². The van der Waals surface area contributed by atoms with Crippen LogP contribution in [0.25, 0.3) is 10.8 Å². The molecule has 2 amide bonds. The first-order chi connectivity index (χ1) is 16.5. The third kappa shape index (κ3) is 5.28. The van der Waals surface area contributed by atoms with Crippen molar-refractivity contribution in [2.24, 2.45) is 0 Å². The Labute approximate surface area is 203 Å². The minimum absolute atomic E-state index is 0.116. The molecule has 1 atom stereocenters. The number of amides is 2. The zero-order chi connectivity index (χ0) is 24.1. The van der Waals surface area contributed by atoms with Gasteiger partial charge in [-0.25, -0.2) is 0 Å². The summed E-state index contributed by atoms with van der Waals surface area (Å²) < 4.78 is 1.93. The Morgan fingerprint density at radius 1 is 1.00 bits per heavy atom. The van der Waals surface area contributed by atoms with E-state index < -0.39 is 0 Å². The number of aromatic nitrogens is 3. The van der Waals surface area contributed by atoms with Gasteiger partial charge in [0.15, 0.2) is 11.0 Å². The zero-order valence-corrected chi connectivity index (χ0v) is 20.2. The molecule has 3 aromatic carbocycles. The predicted octanol–water partition coefficient (Wildman–Crippen LogP) is 4.98. The van der Waals surface area contributed by atoms with Gasteiger partial charge in [0, 0.05) is 23.2 Å². The number of anilines is 1. The van der Waals surface area contributed by atoms with Gasteiger partial charge in [0.05, 0.1) is 11.8 Å². The fraction of sp³-hybridized carbons (Fsp3) is 0.231. The number of hydrogen-bond donors (Lipinski definition) is 2. The smallest absolute Gasteiger partial charge is 0.251 e. The lowest BCUT2D eigenvalue weighted by Gasteiger charge is -2.15. The third-order valence-electron chi connectivity index (χ3n) is 5.51. The topological polar surface area (TPSA) is 88.9 Å². The van der Waals surface area contributed by atoms with Gasteiger partial charge in [0.25, 0.3) is 5.91 Å². The maximum atomic E-state index is 12.6. The Morgan fingerprint density at radius 3 is 2.50 bits per heavy atom. The van der Waals surface area contributed by atoms with Crippen LogP contribution in [0, 0.1) is 6.92 Å². The first kappa shape index (κ1) is 23.5. The van der Waals surface area contributed by atoms with Gasteiger partial charge < -0.3 is 15.2 Å². The first-order valence-corrected chi connectivity index (χ1v) is 12.2. The molecule has 0 saturated heterocycles. The minimum Gasteiger partial charge on any atom is -0.342 e. The van der Waals surface area contributed by atoms with Crippen molar-refractivity contribution in [2.75, 3.05) is 11.1 Å². The van der Waals surface area contributed by atoms with Crippen molar-refractivity contribution < 1.29 is 9.59 Å². The second-order valence-electron chi connectivity index (χ2n) is 8.01. The van der Waals surface area contributed by atoms with Crippen molar-refractivity contribution in [3.8, 4) is 0 Å². The monoisotopic (exact) mass is 473 g/mol. The fourth-order valence-corrected chi connectivity index (χ4v) is 4.53. The molecule has 2 N–H and O–H groups in total. The molecule has 0 spiro atoms. The van der Waals surface area contributed by atoms with Crippen LogP contribution in [0.5, 0.6) is 0 Å². The normalized spacial score (nSPS) is 11.9. The summed E-state index contributed by atoms with van der Waals surface area (Å²) in [5, 5.41) is 17.3. The summed E-state index contributed by atoms with van der Waals surface area (Å²) in [5.41, 5.74) is 2.48. The zero-order valence-electron chi connectivity index (χ0n) is 19.4. The third-order valence-corrected chi connectivity index (χ3v) is 6.47. The Bertz CT molecular complexity index is 1310. The van der Waals surface area contributed by atoms with Crippen molar-refractivity contribution in [3.63, 3.8) is 0 Å². The van der Waals surface area contributed by atoms with Crippen LogP contribution in [0.2, 0.25) is 0 Å². The molecule has 0 aliphatic rings. The standard InChI is InChI=1S/C26H27N5O2S/c1-4-31-24(18(3)27-25(33)20-14-12-17(2)13-15-20)29-30-26(31)34-16-23(32)28-22-11-7-9-19-8-5-6-10-21(19)22/h5-15,18H,4,16H2,1-3H3,(H,27,33)(H,28,32)/t18-/m0/s1. The molecular formula is C26H27N5O2S. The van der Waals surface area contributed by atoms with Crippen LogP contribution >= 0.6 is 11.8 Å². The van der Waals surface area contributed by atoms with Crippen molar-refractivity contribution in [2.45, 2.75) is 38.5 Å². The highest BCUT2D eigenvalue weighted by Gasteiger charge is 2.20. The summed E-state index contributed by atoms with van der Waals surface area (Å²) in [4.78, 5) is 25.3. The Kier molecular flexibility index (Phi) is 7.27. The molecule has 0 aliphatic carbocycles. The molecular weight excluding hydrogens is 446 g/mol. The van der Waals surface area contributed by atoms with E-state index in [0.29, 0.717) is 23.1 Å². The van der Waals surface area contributed by atoms with Gasteiger partial charge in [-0.05, 0) is 44.4 Å². The lowest BCUT2D eigenvalue weighted by Crippen LogP contribution is -2.28. The van der Waals surface area contributed by atoms with Gasteiger partial charge in [-0.2, -0.15) is 0 Å². The number of rotatable bonds is 8. The average Bonchev–Trinajstić information content (AvgIpc) is 3.26. The molecule has 174 valence electrons. The number of nitrogens with zero attached hydrogens (tertiary/aromatic N) is 3. The Hall–Kier alpha value is -3.65. The molecule has 0 radical (unpaired) electrons. The van der Waals surface area contributed by atoms with E-state index in [1.807, 2.05) is 79.9 Å². The summed E-state index contributed by atoms with van der Waals surface area (Å²) in [6, 6.07) is 20.9. The van der Waals surface area contributed by atoms with E-state index in [1.165, 1.54) is 11.8 Å². The largest absolute Gasteiger partial charge is 0.342 e. The van der Waals surface area contributed by atoms with E-state index in [-0.39, 0.29) is 23.6 Å². The van der Waals surface area contributed by atoms with E-state index in [0.717, 1.165) is 22.0 Å². The highest BCUT2D eigenvalue weighted by Crippen LogP contribution is 2.24. The predicted molar refractivity (Wildman–Crippen MR) is 136 cm³/mol. The fourth-order valence-electron chi connectivity index (χ4n) is 3.72. The highest BCUT2D eigenvalue weighted by molar-refractivity contribution is 7.99. The summed E-state index contributed by atoms with van der Waals surface area (Å²) in [7, 11) is 0.